The third kappa shape index (κ3) is 3.04. The Kier molecular flexibility index (Phi) is 5.30. The molecule has 0 heterocycles. The standard InChI is InChI=1S/C6H7P.Ca.2H/c7-6-4-2-1-3-5-6;;;/h1-5H,7H2;;;. The first-order valence-corrected chi connectivity index (χ1v) is 2.78. The van der Waals surface area contributed by atoms with Gasteiger partial charge >= 0.3 is 37.7 Å². The Morgan fingerprint density at radius 2 is 1.50 bits per heavy atom. The van der Waals surface area contributed by atoms with Gasteiger partial charge in [-0.3, -0.25) is 0 Å². The van der Waals surface area contributed by atoms with Crippen LogP contribution in [0.2, 0.25) is 0 Å². The van der Waals surface area contributed by atoms with E-state index in [0.29, 0.717) is 0 Å². The van der Waals surface area contributed by atoms with Crippen LogP contribution in [0.5, 0.6) is 0 Å². The molecule has 1 aromatic rings. The van der Waals surface area contributed by atoms with Gasteiger partial charge in [-0.2, -0.15) is 0 Å². The number of benzene rings is 1. The van der Waals surface area contributed by atoms with Crippen molar-refractivity contribution in [1.29, 1.82) is 0 Å². The van der Waals surface area contributed by atoms with Crippen molar-refractivity contribution < 1.29 is 0 Å². The monoisotopic (exact) mass is 152 g/mol. The summed E-state index contributed by atoms with van der Waals surface area (Å²) < 4.78 is 0. The first-order chi connectivity index (χ1) is 3.39. The summed E-state index contributed by atoms with van der Waals surface area (Å²) in [4.78, 5) is 0. The molecular formula is C6H9CaP. The third-order valence-corrected chi connectivity index (χ3v) is 1.18. The fourth-order valence-corrected chi connectivity index (χ4v) is 0.675. The molecule has 0 saturated heterocycles. The summed E-state index contributed by atoms with van der Waals surface area (Å²) in [6.07, 6.45) is 0. The summed E-state index contributed by atoms with van der Waals surface area (Å²) >= 11 is 0. The van der Waals surface area contributed by atoms with Crippen molar-refractivity contribution in [3.8, 4) is 0 Å². The van der Waals surface area contributed by atoms with E-state index in [1.807, 2.05) is 30.3 Å². The topological polar surface area (TPSA) is 0 Å². The van der Waals surface area contributed by atoms with Crippen molar-refractivity contribution in [2.75, 3.05) is 0 Å². The summed E-state index contributed by atoms with van der Waals surface area (Å²) in [6, 6.07) is 10.1. The molecule has 0 aromatic heterocycles. The first-order valence-electron chi connectivity index (χ1n) is 2.20. The molecule has 1 atom stereocenters. The van der Waals surface area contributed by atoms with E-state index in [1.54, 1.807) is 0 Å². The maximum atomic E-state index is 2.63. The molecule has 0 aliphatic heterocycles. The predicted octanol–water partition coefficient (Wildman–Crippen LogP) is 0.271. The van der Waals surface area contributed by atoms with E-state index < -0.39 is 0 Å². The van der Waals surface area contributed by atoms with Crippen LogP contribution in [-0.2, 0) is 0 Å². The Hall–Kier alpha value is 0.910. The van der Waals surface area contributed by atoms with Crippen LogP contribution in [0.3, 0.4) is 0 Å². The first kappa shape index (κ1) is 8.91. The van der Waals surface area contributed by atoms with Crippen LogP contribution in [0.25, 0.3) is 0 Å². The molecule has 0 aliphatic rings. The molecule has 0 nitrogen and oxygen atoms in total. The van der Waals surface area contributed by atoms with Gasteiger partial charge < -0.3 is 0 Å². The maximum absolute atomic E-state index is 2.63. The fourth-order valence-electron chi connectivity index (χ4n) is 0.453. The minimum atomic E-state index is 0. The molecule has 1 unspecified atom stereocenters. The average Bonchev–Trinajstić information content (AvgIpc) is 1.69. The van der Waals surface area contributed by atoms with Gasteiger partial charge in [0.2, 0.25) is 0 Å². The molecular weight excluding hydrogens is 143 g/mol. The van der Waals surface area contributed by atoms with Gasteiger partial charge in [0.1, 0.15) is 0 Å². The van der Waals surface area contributed by atoms with Crippen LogP contribution in [0.1, 0.15) is 0 Å². The molecule has 2 heteroatoms. The van der Waals surface area contributed by atoms with Crippen LogP contribution < -0.4 is 5.30 Å². The van der Waals surface area contributed by atoms with Crippen LogP contribution in [-0.4, -0.2) is 37.7 Å². The third-order valence-electron chi connectivity index (χ3n) is 0.800. The normalized spacial score (nSPS) is 7.62. The molecule has 0 N–H and O–H groups in total. The van der Waals surface area contributed by atoms with Gasteiger partial charge in [-0.1, -0.05) is 30.3 Å². The van der Waals surface area contributed by atoms with Crippen molar-refractivity contribution in [3.05, 3.63) is 30.3 Å². The van der Waals surface area contributed by atoms with E-state index in [0.717, 1.165) is 0 Å². The van der Waals surface area contributed by atoms with Crippen LogP contribution >= 0.6 is 9.24 Å². The summed E-state index contributed by atoms with van der Waals surface area (Å²) in [7, 11) is 2.63. The van der Waals surface area contributed by atoms with Crippen molar-refractivity contribution in [3.63, 3.8) is 0 Å². The average molecular weight is 152 g/mol. The SMILES string of the molecule is Pc1ccccc1.[CaH2]. The minimum absolute atomic E-state index is 0. The van der Waals surface area contributed by atoms with Gasteiger partial charge in [0.05, 0.1) is 0 Å². The second-order valence-corrected chi connectivity index (χ2v) is 2.08. The molecule has 0 aliphatic carbocycles. The van der Waals surface area contributed by atoms with E-state index in [2.05, 4.69) is 9.24 Å². The van der Waals surface area contributed by atoms with E-state index in [1.165, 1.54) is 5.30 Å². The number of rotatable bonds is 0. The summed E-state index contributed by atoms with van der Waals surface area (Å²) in [5, 5.41) is 1.24. The van der Waals surface area contributed by atoms with Gasteiger partial charge in [-0.15, -0.1) is 9.24 Å². The summed E-state index contributed by atoms with van der Waals surface area (Å²) in [5.41, 5.74) is 0. The molecule has 40 valence electrons. The number of hydrogen-bond acceptors (Lipinski definition) is 0. The van der Waals surface area contributed by atoms with Crippen LogP contribution in [0.15, 0.2) is 30.3 Å². The van der Waals surface area contributed by atoms with Gasteiger partial charge in [0, 0.05) is 0 Å². The second kappa shape index (κ2) is 4.76. The Bertz CT molecular complexity index is 138. The van der Waals surface area contributed by atoms with Crippen LogP contribution in [0.4, 0.5) is 0 Å². The Balaban J connectivity index is 0.000000490. The van der Waals surface area contributed by atoms with E-state index >= 15 is 0 Å². The molecule has 1 rings (SSSR count). The van der Waals surface area contributed by atoms with Crippen molar-refractivity contribution in [2.45, 2.75) is 0 Å². The zero-order valence-electron chi connectivity index (χ0n) is 3.96. The zero-order chi connectivity index (χ0) is 5.11. The molecule has 0 radical (unpaired) electrons. The molecule has 0 saturated carbocycles. The Morgan fingerprint density at radius 1 is 1.00 bits per heavy atom. The molecule has 0 amide bonds. The van der Waals surface area contributed by atoms with E-state index in [-0.39, 0.29) is 37.7 Å². The van der Waals surface area contributed by atoms with E-state index in [4.69, 9.17) is 0 Å². The summed E-state index contributed by atoms with van der Waals surface area (Å²) in [5.74, 6) is 0. The molecule has 1 aromatic carbocycles. The van der Waals surface area contributed by atoms with Gasteiger partial charge in [-0.05, 0) is 5.30 Å². The van der Waals surface area contributed by atoms with Crippen molar-refractivity contribution >= 4 is 52.3 Å². The molecule has 0 spiro atoms. The van der Waals surface area contributed by atoms with Gasteiger partial charge in [0.25, 0.3) is 0 Å². The number of hydrogen-bond donors (Lipinski definition) is 0. The summed E-state index contributed by atoms with van der Waals surface area (Å²) in [6.45, 7) is 0. The van der Waals surface area contributed by atoms with Gasteiger partial charge in [-0.25, -0.2) is 0 Å². The zero-order valence-corrected chi connectivity index (χ0v) is 5.12. The molecule has 0 fully saturated rings. The molecule has 8 heavy (non-hydrogen) atoms. The molecule has 0 bridgehead atoms. The predicted molar refractivity (Wildman–Crippen MR) is 44.3 cm³/mol. The Morgan fingerprint density at radius 3 is 1.75 bits per heavy atom. The van der Waals surface area contributed by atoms with Gasteiger partial charge in [0.15, 0.2) is 0 Å². The Labute approximate surface area is 81.9 Å². The fraction of sp³-hybridized carbons (Fsp3) is 0. The van der Waals surface area contributed by atoms with Crippen LogP contribution in [0, 0.1) is 0 Å². The second-order valence-electron chi connectivity index (χ2n) is 1.41. The quantitative estimate of drug-likeness (QED) is 0.370. The van der Waals surface area contributed by atoms with E-state index in [9.17, 15) is 0 Å². The van der Waals surface area contributed by atoms with Crippen molar-refractivity contribution in [1.82, 2.24) is 0 Å². The van der Waals surface area contributed by atoms with Crippen molar-refractivity contribution in [2.24, 2.45) is 0 Å².